The summed E-state index contributed by atoms with van der Waals surface area (Å²) in [6, 6.07) is 7.40. The van der Waals surface area contributed by atoms with E-state index in [4.69, 9.17) is 0 Å². The second-order valence-corrected chi connectivity index (χ2v) is 5.87. The molecule has 1 aliphatic rings. The van der Waals surface area contributed by atoms with Crippen molar-refractivity contribution in [2.75, 3.05) is 29.9 Å². The smallest absolute Gasteiger partial charge is 0.255 e. The van der Waals surface area contributed by atoms with E-state index >= 15 is 0 Å². The fourth-order valence-corrected chi connectivity index (χ4v) is 3.12. The van der Waals surface area contributed by atoms with Crippen LogP contribution in [0.5, 0.6) is 0 Å². The standard InChI is InChI=1S/C16H21BrN2O2/c1-3-18(4-2)16(21)13-7-5-6-8-14(13)19-11-12(10-17)9-15(19)20/h5-8,12H,3-4,9-11H2,1-2H3. The van der Waals surface area contributed by atoms with Gasteiger partial charge in [-0.05, 0) is 31.9 Å². The Morgan fingerprint density at radius 1 is 1.33 bits per heavy atom. The molecule has 1 aliphatic heterocycles. The summed E-state index contributed by atoms with van der Waals surface area (Å²) in [5.41, 5.74) is 1.35. The molecular formula is C16H21BrN2O2. The highest BCUT2D eigenvalue weighted by molar-refractivity contribution is 9.09. The lowest BCUT2D eigenvalue weighted by Gasteiger charge is -2.24. The fraction of sp³-hybridized carbons (Fsp3) is 0.500. The Morgan fingerprint density at radius 3 is 2.57 bits per heavy atom. The van der Waals surface area contributed by atoms with E-state index in [2.05, 4.69) is 15.9 Å². The first-order valence-electron chi connectivity index (χ1n) is 7.36. The van der Waals surface area contributed by atoms with E-state index < -0.39 is 0 Å². The molecule has 0 aromatic heterocycles. The first-order valence-corrected chi connectivity index (χ1v) is 8.49. The lowest BCUT2D eigenvalue weighted by atomic mass is 10.1. The maximum Gasteiger partial charge on any atom is 0.255 e. The van der Waals surface area contributed by atoms with Gasteiger partial charge in [-0.2, -0.15) is 0 Å². The van der Waals surface area contributed by atoms with Crippen molar-refractivity contribution in [2.24, 2.45) is 5.92 Å². The van der Waals surface area contributed by atoms with Crippen molar-refractivity contribution in [3.05, 3.63) is 29.8 Å². The summed E-state index contributed by atoms with van der Waals surface area (Å²) in [6.07, 6.45) is 0.541. The van der Waals surface area contributed by atoms with Gasteiger partial charge in [-0.25, -0.2) is 0 Å². The number of para-hydroxylation sites is 1. The Morgan fingerprint density at radius 2 is 2.00 bits per heavy atom. The predicted molar refractivity (Wildman–Crippen MR) is 87.9 cm³/mol. The molecule has 5 heteroatoms. The van der Waals surface area contributed by atoms with Crippen molar-refractivity contribution in [1.29, 1.82) is 0 Å². The van der Waals surface area contributed by atoms with Gasteiger partial charge in [-0.1, -0.05) is 28.1 Å². The van der Waals surface area contributed by atoms with Crippen LogP contribution < -0.4 is 4.90 Å². The Kier molecular flexibility index (Phi) is 5.39. The topological polar surface area (TPSA) is 40.6 Å². The number of rotatable bonds is 5. The first-order chi connectivity index (χ1) is 10.1. The van der Waals surface area contributed by atoms with Crippen LogP contribution in [0.15, 0.2) is 24.3 Å². The third-order valence-corrected chi connectivity index (χ3v) is 4.81. The van der Waals surface area contributed by atoms with Crippen LogP contribution in [0, 0.1) is 5.92 Å². The molecule has 1 fully saturated rings. The van der Waals surface area contributed by atoms with Crippen LogP contribution in [0.2, 0.25) is 0 Å². The number of benzene rings is 1. The number of carbonyl (C=O) groups is 2. The van der Waals surface area contributed by atoms with Gasteiger partial charge in [0.25, 0.3) is 5.91 Å². The summed E-state index contributed by atoms with van der Waals surface area (Å²) >= 11 is 3.44. The molecule has 0 N–H and O–H groups in total. The molecule has 1 atom stereocenters. The number of amides is 2. The van der Waals surface area contributed by atoms with E-state index in [9.17, 15) is 9.59 Å². The predicted octanol–water partition coefficient (Wildman–Crippen LogP) is 2.92. The van der Waals surface area contributed by atoms with E-state index in [0.717, 1.165) is 11.0 Å². The van der Waals surface area contributed by atoms with E-state index in [1.807, 2.05) is 38.1 Å². The van der Waals surface area contributed by atoms with Gasteiger partial charge >= 0.3 is 0 Å². The van der Waals surface area contributed by atoms with Gasteiger partial charge in [-0.15, -0.1) is 0 Å². The van der Waals surface area contributed by atoms with Crippen LogP contribution in [0.1, 0.15) is 30.6 Å². The minimum atomic E-state index is -0.00862. The van der Waals surface area contributed by atoms with Crippen LogP contribution in [0.4, 0.5) is 5.69 Å². The third-order valence-electron chi connectivity index (χ3n) is 3.90. The van der Waals surface area contributed by atoms with E-state index in [1.54, 1.807) is 9.80 Å². The average Bonchev–Trinajstić information content (AvgIpc) is 2.89. The van der Waals surface area contributed by atoms with Gasteiger partial charge in [-0.3, -0.25) is 9.59 Å². The number of anilines is 1. The zero-order valence-electron chi connectivity index (χ0n) is 12.5. The minimum Gasteiger partial charge on any atom is -0.339 e. The molecule has 0 bridgehead atoms. The van der Waals surface area contributed by atoms with Crippen molar-refractivity contribution < 1.29 is 9.59 Å². The third kappa shape index (κ3) is 3.28. The maximum absolute atomic E-state index is 12.6. The summed E-state index contributed by atoms with van der Waals surface area (Å²) in [4.78, 5) is 28.4. The SMILES string of the molecule is CCN(CC)C(=O)c1ccccc1N1CC(CBr)CC1=O. The number of nitrogens with zero attached hydrogens (tertiary/aromatic N) is 2. The largest absolute Gasteiger partial charge is 0.339 e. The van der Waals surface area contributed by atoms with Gasteiger partial charge in [0.1, 0.15) is 0 Å². The van der Waals surface area contributed by atoms with Gasteiger partial charge in [0.15, 0.2) is 0 Å². The first kappa shape index (κ1) is 16.0. The molecule has 114 valence electrons. The number of hydrogen-bond acceptors (Lipinski definition) is 2. The lowest BCUT2D eigenvalue weighted by molar-refractivity contribution is -0.117. The molecule has 4 nitrogen and oxygen atoms in total. The van der Waals surface area contributed by atoms with Gasteiger partial charge in [0.05, 0.1) is 11.3 Å². The summed E-state index contributed by atoms with van der Waals surface area (Å²) in [6.45, 7) is 5.94. The quantitative estimate of drug-likeness (QED) is 0.764. The normalized spacial score (nSPS) is 18.1. The fourth-order valence-electron chi connectivity index (χ4n) is 2.69. The maximum atomic E-state index is 12.6. The number of hydrogen-bond donors (Lipinski definition) is 0. The zero-order chi connectivity index (χ0) is 15.4. The van der Waals surface area contributed by atoms with Crippen LogP contribution in [0.25, 0.3) is 0 Å². The minimum absolute atomic E-state index is 0.00862. The number of carbonyl (C=O) groups excluding carboxylic acids is 2. The van der Waals surface area contributed by atoms with Gasteiger partial charge in [0.2, 0.25) is 5.91 Å². The molecule has 1 heterocycles. The van der Waals surface area contributed by atoms with Crippen LogP contribution in [-0.2, 0) is 4.79 Å². The van der Waals surface area contributed by atoms with Crippen LogP contribution in [0.3, 0.4) is 0 Å². The lowest BCUT2D eigenvalue weighted by Crippen LogP contribution is -2.33. The van der Waals surface area contributed by atoms with Crippen molar-refractivity contribution >= 4 is 33.4 Å². The van der Waals surface area contributed by atoms with E-state index in [1.165, 1.54) is 0 Å². The highest BCUT2D eigenvalue weighted by atomic mass is 79.9. The van der Waals surface area contributed by atoms with Crippen molar-refractivity contribution in [3.63, 3.8) is 0 Å². The molecule has 1 aromatic rings. The zero-order valence-corrected chi connectivity index (χ0v) is 14.1. The Hall–Kier alpha value is -1.36. The van der Waals surface area contributed by atoms with Crippen molar-refractivity contribution in [3.8, 4) is 0 Å². The molecule has 21 heavy (non-hydrogen) atoms. The van der Waals surface area contributed by atoms with E-state index in [0.29, 0.717) is 37.5 Å². The summed E-state index contributed by atoms with van der Waals surface area (Å²) in [7, 11) is 0. The monoisotopic (exact) mass is 352 g/mol. The molecular weight excluding hydrogens is 332 g/mol. The molecule has 0 radical (unpaired) electrons. The second-order valence-electron chi connectivity index (χ2n) is 5.22. The summed E-state index contributed by atoms with van der Waals surface area (Å²) in [5, 5.41) is 0.807. The highest BCUT2D eigenvalue weighted by Crippen LogP contribution is 2.29. The second kappa shape index (κ2) is 7.07. The van der Waals surface area contributed by atoms with Crippen LogP contribution >= 0.6 is 15.9 Å². The average molecular weight is 353 g/mol. The molecule has 1 aromatic carbocycles. The van der Waals surface area contributed by atoms with Gasteiger partial charge in [0, 0.05) is 31.4 Å². The Balaban J connectivity index is 2.33. The molecule has 2 amide bonds. The molecule has 1 unspecified atom stereocenters. The number of halogens is 1. The molecule has 0 spiro atoms. The molecule has 1 saturated heterocycles. The molecule has 0 aliphatic carbocycles. The van der Waals surface area contributed by atoms with Crippen LogP contribution in [-0.4, -0.2) is 41.7 Å². The highest BCUT2D eigenvalue weighted by Gasteiger charge is 2.32. The molecule has 2 rings (SSSR count). The van der Waals surface area contributed by atoms with Crippen molar-refractivity contribution in [2.45, 2.75) is 20.3 Å². The van der Waals surface area contributed by atoms with Gasteiger partial charge < -0.3 is 9.80 Å². The summed E-state index contributed by atoms with van der Waals surface area (Å²) in [5.74, 6) is 0.402. The van der Waals surface area contributed by atoms with E-state index in [-0.39, 0.29) is 11.8 Å². The Labute approximate surface area is 134 Å². The molecule has 0 saturated carbocycles. The summed E-state index contributed by atoms with van der Waals surface area (Å²) < 4.78 is 0. The Bertz CT molecular complexity index is 529. The number of alkyl halides is 1. The van der Waals surface area contributed by atoms with Crippen molar-refractivity contribution in [1.82, 2.24) is 4.90 Å².